The number of carboxylic acids is 1. The molecule has 4 N–H and O–H groups in total. The molecule has 8 nitrogen and oxygen atoms in total. The lowest BCUT2D eigenvalue weighted by molar-refractivity contribution is -0.671. The minimum atomic E-state index is -5.19. The summed E-state index contributed by atoms with van der Waals surface area (Å²) in [6, 6.07) is 21.4. The minimum absolute atomic E-state index is 0.0310. The van der Waals surface area contributed by atoms with Crippen LogP contribution in [0.1, 0.15) is 27.2 Å². The van der Waals surface area contributed by atoms with Gasteiger partial charge in [-0.05, 0) is 29.3 Å². The van der Waals surface area contributed by atoms with Crippen LogP contribution in [0.3, 0.4) is 0 Å². The zero-order chi connectivity index (χ0) is 27.2. The van der Waals surface area contributed by atoms with Crippen LogP contribution in [0.2, 0.25) is 0 Å². The molecule has 0 spiro atoms. The van der Waals surface area contributed by atoms with Gasteiger partial charge in [0.05, 0.1) is 0 Å². The number of halogens is 3. The molecular formula is C26H24F3N5O3. The number of carboxylic acid groups (broad SMARTS) is 1. The Morgan fingerprint density at radius 3 is 2.30 bits per heavy atom. The molecule has 0 aliphatic heterocycles. The van der Waals surface area contributed by atoms with E-state index in [-0.39, 0.29) is 11.7 Å². The number of nitrogens with one attached hydrogen (secondary N) is 2. The van der Waals surface area contributed by atoms with Gasteiger partial charge in [-0.2, -0.15) is 13.2 Å². The maximum atomic E-state index is 13.0. The molecule has 11 heteroatoms. The molecule has 2 heterocycles. The molecule has 0 aliphatic carbocycles. The smallest absolute Gasteiger partial charge is 0.430 e. The molecule has 2 aromatic heterocycles. The van der Waals surface area contributed by atoms with Crippen molar-refractivity contribution in [1.82, 2.24) is 9.88 Å². The topological polar surface area (TPSA) is 128 Å². The van der Waals surface area contributed by atoms with E-state index in [0.29, 0.717) is 24.3 Å². The number of carbonyl (C=O) groups is 2. The van der Waals surface area contributed by atoms with Gasteiger partial charge in [0.2, 0.25) is 0 Å². The summed E-state index contributed by atoms with van der Waals surface area (Å²) in [5.74, 6) is -3.10. The number of nitrogens with two attached hydrogens (primary N) is 1. The van der Waals surface area contributed by atoms with Gasteiger partial charge in [0.1, 0.15) is 24.5 Å². The number of pyridine rings is 1. The first-order chi connectivity index (χ1) is 17.5. The summed E-state index contributed by atoms with van der Waals surface area (Å²) in [4.78, 5) is 21.8. The van der Waals surface area contributed by atoms with Crippen molar-refractivity contribution in [3.05, 3.63) is 102 Å². The Hall–Kier alpha value is -4.67. The number of rotatable bonds is 6. The van der Waals surface area contributed by atoms with E-state index in [1.54, 1.807) is 0 Å². The number of hydrogen-bond acceptors (Lipinski definition) is 4. The summed E-state index contributed by atoms with van der Waals surface area (Å²) in [5, 5.41) is 20.5. The van der Waals surface area contributed by atoms with Gasteiger partial charge in [-0.25, -0.2) is 4.57 Å². The molecule has 0 aliphatic rings. The summed E-state index contributed by atoms with van der Waals surface area (Å²) in [6.07, 6.45) is -1.28. The molecular weight excluding hydrogens is 487 g/mol. The lowest BCUT2D eigenvalue weighted by atomic mass is 10.1. The third-order valence-corrected chi connectivity index (χ3v) is 5.35. The highest BCUT2D eigenvalue weighted by atomic mass is 19.4. The fourth-order valence-corrected chi connectivity index (χ4v) is 3.51. The van der Waals surface area contributed by atoms with Crippen LogP contribution in [0.5, 0.6) is 0 Å². The number of amidine groups is 1. The molecule has 192 valence electrons. The fourth-order valence-electron chi connectivity index (χ4n) is 3.51. The highest BCUT2D eigenvalue weighted by molar-refractivity contribution is 5.99. The van der Waals surface area contributed by atoms with Gasteiger partial charge >= 0.3 is 6.18 Å². The van der Waals surface area contributed by atoms with Crippen LogP contribution in [0.15, 0.2) is 79.1 Å². The van der Waals surface area contributed by atoms with Crippen LogP contribution < -0.4 is 20.7 Å². The van der Waals surface area contributed by atoms with Crippen molar-refractivity contribution in [2.45, 2.75) is 19.3 Å². The Labute approximate surface area is 210 Å². The summed E-state index contributed by atoms with van der Waals surface area (Å²) in [6.45, 7) is 0.972. The maximum Gasteiger partial charge on any atom is 0.430 e. The van der Waals surface area contributed by atoms with Crippen LogP contribution in [0.25, 0.3) is 10.9 Å². The largest absolute Gasteiger partial charge is 0.542 e. The van der Waals surface area contributed by atoms with Crippen molar-refractivity contribution in [2.24, 2.45) is 12.8 Å². The second-order valence-electron chi connectivity index (χ2n) is 8.13. The molecule has 0 unspecified atom stereocenters. The molecule has 4 aromatic rings. The number of fused-ring (bicyclic) bond motifs is 1. The van der Waals surface area contributed by atoms with Gasteiger partial charge in [0.25, 0.3) is 5.91 Å². The number of amides is 1. The number of alkyl halides is 3. The number of carbonyl (C=O) groups excluding carboxylic acids is 2. The molecule has 1 amide bonds. The first-order valence-corrected chi connectivity index (χ1v) is 11.0. The Morgan fingerprint density at radius 2 is 1.68 bits per heavy atom. The highest BCUT2D eigenvalue weighted by Gasteiger charge is 2.28. The zero-order valence-electron chi connectivity index (χ0n) is 19.8. The Bertz CT molecular complexity index is 1430. The van der Waals surface area contributed by atoms with E-state index in [9.17, 15) is 18.0 Å². The molecule has 0 saturated carbocycles. The van der Waals surface area contributed by atoms with E-state index in [4.69, 9.17) is 21.0 Å². The SMILES string of the molecule is C[n+]1ccc(CNC(=O)c2cc3ccccc3n2Cc2cccc(C(=N)N)c2)cc1.O=C([O-])C(F)(F)F. The average molecular weight is 512 g/mol. The maximum absolute atomic E-state index is 13.0. The number of aliphatic carboxylic acids is 1. The van der Waals surface area contributed by atoms with Crippen LogP contribution in [0, 0.1) is 5.41 Å². The molecule has 4 rings (SSSR count). The van der Waals surface area contributed by atoms with Crippen molar-refractivity contribution in [3.8, 4) is 0 Å². The van der Waals surface area contributed by atoms with Crippen LogP contribution >= 0.6 is 0 Å². The monoisotopic (exact) mass is 511 g/mol. The molecule has 0 fully saturated rings. The quantitative estimate of drug-likeness (QED) is 0.208. The van der Waals surface area contributed by atoms with Crippen molar-refractivity contribution < 1.29 is 32.4 Å². The van der Waals surface area contributed by atoms with E-state index in [0.717, 1.165) is 22.0 Å². The van der Waals surface area contributed by atoms with Crippen molar-refractivity contribution in [3.63, 3.8) is 0 Å². The number of benzene rings is 2. The summed E-state index contributed by atoms with van der Waals surface area (Å²) in [7, 11) is 1.96. The molecule has 0 atom stereocenters. The van der Waals surface area contributed by atoms with Crippen LogP contribution in [-0.2, 0) is 24.9 Å². The fraction of sp³-hybridized carbons (Fsp3) is 0.154. The van der Waals surface area contributed by atoms with E-state index >= 15 is 0 Å². The number of nitrogens with zero attached hydrogens (tertiary/aromatic N) is 2. The van der Waals surface area contributed by atoms with Gasteiger partial charge in [-0.15, -0.1) is 0 Å². The third-order valence-electron chi connectivity index (χ3n) is 5.35. The van der Waals surface area contributed by atoms with E-state index in [1.165, 1.54) is 0 Å². The number of nitrogen functional groups attached to an aromatic ring is 1. The third kappa shape index (κ3) is 7.17. The van der Waals surface area contributed by atoms with Gasteiger partial charge in [0.15, 0.2) is 12.4 Å². The molecule has 0 saturated heterocycles. The first kappa shape index (κ1) is 26.9. The predicted molar refractivity (Wildman–Crippen MR) is 128 cm³/mol. The Balaban J connectivity index is 0.000000479. The van der Waals surface area contributed by atoms with Crippen LogP contribution in [0.4, 0.5) is 13.2 Å². The lowest BCUT2D eigenvalue weighted by Gasteiger charge is -2.12. The highest BCUT2D eigenvalue weighted by Crippen LogP contribution is 2.22. The number of aromatic nitrogens is 2. The van der Waals surface area contributed by atoms with E-state index in [1.807, 2.05) is 95.3 Å². The Morgan fingerprint density at radius 1 is 1.03 bits per heavy atom. The Kier molecular flexibility index (Phi) is 8.28. The van der Waals surface area contributed by atoms with E-state index in [2.05, 4.69) is 5.32 Å². The standard InChI is InChI=1S/C24H23N5O.C2HF3O2/c1-28-11-9-17(10-12-28)15-27-24(30)22-14-19-6-2-3-8-21(19)29(22)16-18-5-4-7-20(13-18)23(25)26;3-2(4,5)1(6)7/h2-14H,15-16H2,1H3,(H3-,25,26,27,30);(H,6,7). The lowest BCUT2D eigenvalue weighted by Crippen LogP contribution is -2.37. The number of hydrogen-bond donors (Lipinski definition) is 3. The second-order valence-corrected chi connectivity index (χ2v) is 8.13. The normalized spacial score (nSPS) is 10.9. The summed E-state index contributed by atoms with van der Waals surface area (Å²) < 4.78 is 35.5. The van der Waals surface area contributed by atoms with Crippen molar-refractivity contribution >= 4 is 28.6 Å². The van der Waals surface area contributed by atoms with E-state index < -0.39 is 12.1 Å². The van der Waals surface area contributed by atoms with Gasteiger partial charge in [0, 0.05) is 41.7 Å². The minimum Gasteiger partial charge on any atom is -0.542 e. The average Bonchev–Trinajstić information content (AvgIpc) is 3.22. The number of aryl methyl sites for hydroxylation is 1. The summed E-state index contributed by atoms with van der Waals surface area (Å²) >= 11 is 0. The zero-order valence-corrected chi connectivity index (χ0v) is 19.8. The predicted octanol–water partition coefficient (Wildman–Crippen LogP) is 2.03. The first-order valence-electron chi connectivity index (χ1n) is 11.0. The molecule has 37 heavy (non-hydrogen) atoms. The number of para-hydroxylation sites is 1. The molecule has 0 bridgehead atoms. The van der Waals surface area contributed by atoms with Gasteiger partial charge in [-0.1, -0.05) is 36.4 Å². The molecule has 2 aromatic carbocycles. The van der Waals surface area contributed by atoms with Gasteiger partial charge in [-0.3, -0.25) is 10.2 Å². The van der Waals surface area contributed by atoms with Crippen LogP contribution in [-0.4, -0.2) is 28.5 Å². The molecule has 0 radical (unpaired) electrons. The van der Waals surface area contributed by atoms with Crippen molar-refractivity contribution in [2.75, 3.05) is 0 Å². The van der Waals surface area contributed by atoms with Crippen molar-refractivity contribution in [1.29, 1.82) is 5.41 Å². The second kappa shape index (κ2) is 11.4. The summed E-state index contributed by atoms with van der Waals surface area (Å²) in [5.41, 5.74) is 9.92. The van der Waals surface area contributed by atoms with Gasteiger partial charge < -0.3 is 25.5 Å².